The van der Waals surface area contributed by atoms with E-state index in [4.69, 9.17) is 9.47 Å². The van der Waals surface area contributed by atoms with E-state index in [0.717, 1.165) is 11.8 Å². The quantitative estimate of drug-likeness (QED) is 0.537. The van der Waals surface area contributed by atoms with Gasteiger partial charge in [0.25, 0.3) is 0 Å². The Balaban J connectivity index is 2.04. The van der Waals surface area contributed by atoms with Gasteiger partial charge in [-0.25, -0.2) is 13.1 Å². The molecule has 0 spiro atoms. The van der Waals surface area contributed by atoms with Gasteiger partial charge in [-0.1, -0.05) is 30.3 Å². The highest BCUT2D eigenvalue weighted by molar-refractivity contribution is 7.90. The molecule has 3 aromatic rings. The largest absolute Gasteiger partial charge is 0.496 e. The highest BCUT2D eigenvalue weighted by Crippen LogP contribution is 2.35. The summed E-state index contributed by atoms with van der Waals surface area (Å²) < 4.78 is 37.2. The van der Waals surface area contributed by atoms with Crippen LogP contribution in [0.1, 0.15) is 32.6 Å². The predicted molar refractivity (Wildman–Crippen MR) is 113 cm³/mol. The maximum Gasteiger partial charge on any atom is 0.223 e. The van der Waals surface area contributed by atoms with E-state index in [0.29, 0.717) is 17.0 Å². The third kappa shape index (κ3) is 4.09. The van der Waals surface area contributed by atoms with Crippen LogP contribution in [0.3, 0.4) is 0 Å². The van der Waals surface area contributed by atoms with Crippen molar-refractivity contribution in [3.8, 4) is 11.6 Å². The van der Waals surface area contributed by atoms with Crippen molar-refractivity contribution in [1.82, 2.24) is 9.78 Å². The molecule has 7 nitrogen and oxygen atoms in total. The molecule has 1 aromatic heterocycles. The second-order valence-corrected chi connectivity index (χ2v) is 9.04. The molecule has 0 aliphatic carbocycles. The van der Waals surface area contributed by atoms with E-state index in [1.54, 1.807) is 27.0 Å². The maximum absolute atomic E-state index is 13.4. The van der Waals surface area contributed by atoms with Gasteiger partial charge in [0.05, 0.1) is 23.8 Å². The van der Waals surface area contributed by atoms with Gasteiger partial charge in [-0.3, -0.25) is 4.79 Å². The lowest BCUT2D eigenvalue weighted by Gasteiger charge is -2.16. The Morgan fingerprint density at radius 2 is 1.80 bits per heavy atom. The fraction of sp³-hybridized carbons (Fsp3) is 0.273. The van der Waals surface area contributed by atoms with Gasteiger partial charge in [0, 0.05) is 18.9 Å². The van der Waals surface area contributed by atoms with Gasteiger partial charge < -0.3 is 9.47 Å². The number of ketones is 1. The molecule has 0 saturated carbocycles. The average molecular weight is 429 g/mol. The lowest BCUT2D eigenvalue weighted by atomic mass is 9.99. The smallest absolute Gasteiger partial charge is 0.223 e. The zero-order chi connectivity index (χ0) is 22.1. The summed E-state index contributed by atoms with van der Waals surface area (Å²) >= 11 is 0. The first kappa shape index (κ1) is 21.6. The Hall–Kier alpha value is -3.13. The van der Waals surface area contributed by atoms with Gasteiger partial charge in [0.1, 0.15) is 17.9 Å². The third-order valence-corrected chi connectivity index (χ3v) is 6.18. The van der Waals surface area contributed by atoms with Gasteiger partial charge in [-0.2, -0.15) is 5.10 Å². The number of ether oxygens (including phenoxy) is 2. The van der Waals surface area contributed by atoms with Crippen LogP contribution < -0.4 is 9.47 Å². The van der Waals surface area contributed by atoms with Crippen LogP contribution in [0, 0.1) is 13.8 Å². The Bertz CT molecular complexity index is 1200. The SMILES string of the molecule is COc1c(C(=O)c2cnn(C)c2OCc2ccccc2)cc(C)c(S(C)(=O)=O)c1C. The molecule has 30 heavy (non-hydrogen) atoms. The van der Waals surface area contributed by atoms with E-state index < -0.39 is 9.84 Å². The van der Waals surface area contributed by atoms with Crippen LogP contribution in [0.5, 0.6) is 11.6 Å². The first-order valence-corrected chi connectivity index (χ1v) is 11.2. The van der Waals surface area contributed by atoms with Crippen LogP contribution in [-0.4, -0.2) is 37.3 Å². The molecular weight excluding hydrogens is 404 g/mol. The first-order chi connectivity index (χ1) is 14.1. The second kappa shape index (κ2) is 8.31. The first-order valence-electron chi connectivity index (χ1n) is 9.26. The maximum atomic E-state index is 13.4. The summed E-state index contributed by atoms with van der Waals surface area (Å²) in [7, 11) is -0.374. The van der Waals surface area contributed by atoms with Crippen LogP contribution in [0.25, 0.3) is 0 Å². The van der Waals surface area contributed by atoms with Crippen LogP contribution in [0.4, 0.5) is 0 Å². The predicted octanol–water partition coefficient (Wildman–Crippen LogP) is 3.26. The highest BCUT2D eigenvalue weighted by atomic mass is 32.2. The summed E-state index contributed by atoms with van der Waals surface area (Å²) in [6, 6.07) is 11.1. The van der Waals surface area contributed by atoms with E-state index in [2.05, 4.69) is 5.10 Å². The fourth-order valence-corrected chi connectivity index (χ4v) is 4.87. The third-order valence-electron chi connectivity index (χ3n) is 4.81. The zero-order valence-electron chi connectivity index (χ0n) is 17.6. The minimum Gasteiger partial charge on any atom is -0.496 e. The number of sulfone groups is 1. The molecule has 0 aliphatic heterocycles. The summed E-state index contributed by atoms with van der Waals surface area (Å²) in [5.41, 5.74) is 2.38. The molecule has 3 rings (SSSR count). The van der Waals surface area contributed by atoms with Crippen LogP contribution in [0.2, 0.25) is 0 Å². The van der Waals surface area contributed by atoms with Crippen molar-refractivity contribution >= 4 is 15.6 Å². The van der Waals surface area contributed by atoms with Crippen LogP contribution in [0.15, 0.2) is 47.5 Å². The number of aryl methyl sites for hydroxylation is 2. The van der Waals surface area contributed by atoms with Crippen molar-refractivity contribution in [2.24, 2.45) is 7.05 Å². The number of hydrogen-bond donors (Lipinski definition) is 0. The molecule has 0 fully saturated rings. The fourth-order valence-electron chi connectivity index (χ4n) is 3.57. The summed E-state index contributed by atoms with van der Waals surface area (Å²) in [6.07, 6.45) is 2.58. The van der Waals surface area contributed by atoms with Gasteiger partial charge >= 0.3 is 0 Å². The summed E-state index contributed by atoms with van der Waals surface area (Å²) in [5, 5.41) is 4.17. The van der Waals surface area contributed by atoms with E-state index >= 15 is 0 Å². The molecule has 0 radical (unpaired) electrons. The number of benzene rings is 2. The van der Waals surface area contributed by atoms with Crippen LogP contribution in [-0.2, 0) is 23.5 Å². The molecule has 158 valence electrons. The Labute approximate surface area is 176 Å². The number of methoxy groups -OCH3 is 1. The minimum absolute atomic E-state index is 0.169. The topological polar surface area (TPSA) is 87.5 Å². The monoisotopic (exact) mass is 428 g/mol. The number of aromatic nitrogens is 2. The van der Waals surface area contributed by atoms with Crippen molar-refractivity contribution in [3.05, 3.63) is 70.4 Å². The molecule has 0 unspecified atom stereocenters. The number of hydrogen-bond acceptors (Lipinski definition) is 6. The number of nitrogens with zero attached hydrogens (tertiary/aromatic N) is 2. The molecule has 0 bridgehead atoms. The Morgan fingerprint density at radius 1 is 1.13 bits per heavy atom. The van der Waals surface area contributed by atoms with Crippen molar-refractivity contribution in [3.63, 3.8) is 0 Å². The lowest BCUT2D eigenvalue weighted by molar-refractivity contribution is 0.103. The molecular formula is C22H24N2O5S. The van der Waals surface area contributed by atoms with Gasteiger partial charge in [0.2, 0.25) is 11.7 Å². The van der Waals surface area contributed by atoms with E-state index in [1.165, 1.54) is 18.0 Å². The molecule has 0 amide bonds. The summed E-state index contributed by atoms with van der Waals surface area (Å²) in [5.74, 6) is 0.201. The van der Waals surface area contributed by atoms with E-state index in [-0.39, 0.29) is 34.2 Å². The molecule has 2 aromatic carbocycles. The molecule has 8 heteroatoms. The van der Waals surface area contributed by atoms with Crippen molar-refractivity contribution < 1.29 is 22.7 Å². The minimum atomic E-state index is -3.48. The molecule has 1 heterocycles. The summed E-state index contributed by atoms with van der Waals surface area (Å²) in [6.45, 7) is 3.58. The summed E-state index contributed by atoms with van der Waals surface area (Å²) in [4.78, 5) is 13.5. The number of rotatable bonds is 7. The average Bonchev–Trinajstić information content (AvgIpc) is 3.05. The van der Waals surface area contributed by atoms with Gasteiger partial charge in [-0.15, -0.1) is 0 Å². The normalized spacial score (nSPS) is 11.4. The Morgan fingerprint density at radius 3 is 2.40 bits per heavy atom. The molecule has 0 N–H and O–H groups in total. The molecule has 0 aliphatic rings. The zero-order valence-corrected chi connectivity index (χ0v) is 18.4. The van der Waals surface area contributed by atoms with E-state index in [9.17, 15) is 13.2 Å². The van der Waals surface area contributed by atoms with Gasteiger partial charge in [-0.05, 0) is 31.0 Å². The highest BCUT2D eigenvalue weighted by Gasteiger charge is 2.27. The van der Waals surface area contributed by atoms with Gasteiger partial charge in [0.15, 0.2) is 9.84 Å². The van der Waals surface area contributed by atoms with Crippen molar-refractivity contribution in [2.45, 2.75) is 25.3 Å². The number of carbonyl (C=O) groups is 1. The van der Waals surface area contributed by atoms with Crippen molar-refractivity contribution in [2.75, 3.05) is 13.4 Å². The van der Waals surface area contributed by atoms with E-state index in [1.807, 2.05) is 30.3 Å². The molecule has 0 atom stereocenters. The molecule has 0 saturated heterocycles. The lowest BCUT2D eigenvalue weighted by Crippen LogP contribution is -2.12. The van der Waals surface area contributed by atoms with Crippen molar-refractivity contribution in [1.29, 1.82) is 0 Å². The van der Waals surface area contributed by atoms with Crippen LogP contribution >= 0.6 is 0 Å². The standard InChI is InChI=1S/C22H24N2O5S/c1-14-11-17(20(28-4)15(2)21(14)30(5,26)27)19(25)18-12-23-24(3)22(18)29-13-16-9-7-6-8-10-16/h6-12H,13H2,1-5H3. The Kier molecular flexibility index (Phi) is 5.98. The number of carbonyl (C=O) groups excluding carboxylic acids is 1. The second-order valence-electron chi connectivity index (χ2n) is 7.09.